The molecule has 3 rings (SSSR count). The number of carbonyl (C=O) groups is 1. The molecule has 8 heteroatoms. The predicted octanol–water partition coefficient (Wildman–Crippen LogP) is 0.0467. The lowest BCUT2D eigenvalue weighted by Gasteiger charge is -2.34. The number of hydrogen-bond acceptors (Lipinski definition) is 4. The van der Waals surface area contributed by atoms with Gasteiger partial charge in [-0.15, -0.1) is 0 Å². The lowest BCUT2D eigenvalue weighted by Crippen LogP contribution is -3.16. The normalized spacial score (nSPS) is 26.0. The molecule has 1 atom stereocenters. The van der Waals surface area contributed by atoms with Crippen LogP contribution in [0, 0.1) is 6.92 Å². The maximum absolute atomic E-state index is 12.4. The number of carbonyl (C=O) groups excluding carboxylic acids is 1. The van der Waals surface area contributed by atoms with Gasteiger partial charge in [-0.25, -0.2) is 8.42 Å². The summed E-state index contributed by atoms with van der Waals surface area (Å²) in [6.07, 6.45) is 0.498. The summed E-state index contributed by atoms with van der Waals surface area (Å²) in [5.74, 6) is 0.143. The Morgan fingerprint density at radius 3 is 2.65 bits per heavy atom. The number of amides is 1. The number of benzene rings is 1. The van der Waals surface area contributed by atoms with Gasteiger partial charge in [0.2, 0.25) is 0 Å². The van der Waals surface area contributed by atoms with E-state index in [-0.39, 0.29) is 17.4 Å². The third-order valence-corrected chi connectivity index (χ3v) is 7.48. The molecule has 2 aliphatic heterocycles. The van der Waals surface area contributed by atoms with E-state index in [1.807, 2.05) is 25.1 Å². The number of quaternary nitrogens is 1. The summed E-state index contributed by atoms with van der Waals surface area (Å²) in [5.41, 5.74) is 1.74. The van der Waals surface area contributed by atoms with Gasteiger partial charge in [0.05, 0.1) is 43.2 Å². The molecular weight excluding hydrogens is 374 g/mol. The first kappa shape index (κ1) is 19.5. The van der Waals surface area contributed by atoms with E-state index < -0.39 is 15.4 Å². The number of sulfone groups is 1. The Morgan fingerprint density at radius 1 is 1.35 bits per heavy atom. The second-order valence-electron chi connectivity index (χ2n) is 7.80. The number of piperazine rings is 1. The zero-order chi connectivity index (χ0) is 18.9. The van der Waals surface area contributed by atoms with Crippen molar-refractivity contribution in [2.24, 2.45) is 0 Å². The Hall–Kier alpha value is -1.31. The second-order valence-corrected chi connectivity index (χ2v) is 10.4. The maximum Gasteiger partial charge on any atom is 0.275 e. The lowest BCUT2D eigenvalue weighted by atomic mass is 10.0. The highest BCUT2D eigenvalue weighted by atomic mass is 35.5. The van der Waals surface area contributed by atoms with E-state index in [9.17, 15) is 13.2 Å². The van der Waals surface area contributed by atoms with Crippen LogP contribution in [0.15, 0.2) is 18.2 Å². The number of hydrogen-bond donors (Lipinski definition) is 2. The number of nitrogens with one attached hydrogen (secondary N) is 2. The van der Waals surface area contributed by atoms with Gasteiger partial charge >= 0.3 is 0 Å². The zero-order valence-corrected chi connectivity index (χ0v) is 16.9. The molecule has 1 aromatic carbocycles. The van der Waals surface area contributed by atoms with Crippen LogP contribution in [0.2, 0.25) is 5.02 Å². The van der Waals surface area contributed by atoms with Crippen LogP contribution in [0.1, 0.15) is 18.9 Å². The van der Waals surface area contributed by atoms with E-state index in [0.29, 0.717) is 13.0 Å². The quantitative estimate of drug-likeness (QED) is 0.749. The van der Waals surface area contributed by atoms with Crippen LogP contribution in [0.25, 0.3) is 0 Å². The molecule has 2 aliphatic rings. The number of aryl methyl sites for hydroxylation is 1. The fraction of sp³-hybridized carbons (Fsp3) is 0.611. The summed E-state index contributed by atoms with van der Waals surface area (Å²) < 4.78 is 23.3. The fourth-order valence-electron chi connectivity index (χ4n) is 3.88. The smallest absolute Gasteiger partial charge is 0.275 e. The molecule has 144 valence electrons. The SMILES string of the molecule is Cc1ccc(Cl)cc1N1CC[NH+](CC(=O)N[C@]2(C)CCS(=O)(=O)C2)CC1. The number of halogens is 1. The van der Waals surface area contributed by atoms with Gasteiger partial charge in [-0.1, -0.05) is 17.7 Å². The van der Waals surface area contributed by atoms with Crippen molar-refractivity contribution < 1.29 is 18.1 Å². The molecule has 1 amide bonds. The molecule has 26 heavy (non-hydrogen) atoms. The van der Waals surface area contributed by atoms with Crippen molar-refractivity contribution in [1.82, 2.24) is 5.32 Å². The minimum atomic E-state index is -3.02. The molecule has 0 aliphatic carbocycles. The van der Waals surface area contributed by atoms with Gasteiger partial charge in [-0.05, 0) is 38.0 Å². The van der Waals surface area contributed by atoms with E-state index in [1.54, 1.807) is 0 Å². The standard InChI is InChI=1S/C18H26ClN3O3S/c1-14-3-4-15(19)11-16(14)22-8-6-21(7-9-22)12-17(23)20-18(2)5-10-26(24,25)13-18/h3-4,11H,5-10,12-13H2,1-2H3,(H,20,23)/p+1/t18-/m1/s1. The molecule has 2 heterocycles. The Balaban J connectivity index is 1.51. The Labute approximate surface area is 160 Å². The van der Waals surface area contributed by atoms with Crippen LogP contribution < -0.4 is 15.1 Å². The predicted molar refractivity (Wildman–Crippen MR) is 104 cm³/mol. The van der Waals surface area contributed by atoms with E-state index in [4.69, 9.17) is 11.6 Å². The second kappa shape index (κ2) is 7.37. The molecule has 0 aromatic heterocycles. The molecule has 2 saturated heterocycles. The molecule has 0 saturated carbocycles. The molecule has 2 fully saturated rings. The van der Waals surface area contributed by atoms with E-state index in [0.717, 1.165) is 36.9 Å². The summed E-state index contributed by atoms with van der Waals surface area (Å²) in [4.78, 5) is 15.9. The van der Waals surface area contributed by atoms with Crippen LogP contribution in [0.3, 0.4) is 0 Å². The first-order chi connectivity index (χ1) is 12.2. The summed E-state index contributed by atoms with van der Waals surface area (Å²) in [6, 6.07) is 5.92. The average molecular weight is 401 g/mol. The summed E-state index contributed by atoms with van der Waals surface area (Å²) in [6.45, 7) is 7.77. The van der Waals surface area contributed by atoms with Crippen LogP contribution in [0.4, 0.5) is 5.69 Å². The maximum atomic E-state index is 12.4. The Morgan fingerprint density at radius 2 is 2.04 bits per heavy atom. The van der Waals surface area contributed by atoms with Crippen molar-refractivity contribution in [3.8, 4) is 0 Å². The molecule has 1 aromatic rings. The van der Waals surface area contributed by atoms with E-state index in [2.05, 4.69) is 17.1 Å². The first-order valence-corrected chi connectivity index (χ1v) is 11.2. The zero-order valence-electron chi connectivity index (χ0n) is 15.3. The van der Waals surface area contributed by atoms with Crippen molar-refractivity contribution in [3.05, 3.63) is 28.8 Å². The molecule has 0 bridgehead atoms. The average Bonchev–Trinajstić information content (AvgIpc) is 2.83. The van der Waals surface area contributed by atoms with Gasteiger partial charge in [-0.2, -0.15) is 0 Å². The Bertz CT molecular complexity index is 791. The van der Waals surface area contributed by atoms with Crippen LogP contribution >= 0.6 is 11.6 Å². The van der Waals surface area contributed by atoms with Crippen molar-refractivity contribution in [2.75, 3.05) is 49.1 Å². The minimum Gasteiger partial charge on any atom is -0.360 e. The monoisotopic (exact) mass is 400 g/mol. The van der Waals surface area contributed by atoms with E-state index >= 15 is 0 Å². The summed E-state index contributed by atoms with van der Waals surface area (Å²) in [5, 5.41) is 3.68. The van der Waals surface area contributed by atoms with Gasteiger partial charge in [-0.3, -0.25) is 4.79 Å². The summed E-state index contributed by atoms with van der Waals surface area (Å²) in [7, 11) is -3.02. The van der Waals surface area contributed by atoms with Gasteiger partial charge in [0.15, 0.2) is 16.4 Å². The van der Waals surface area contributed by atoms with Crippen molar-refractivity contribution in [3.63, 3.8) is 0 Å². The number of nitrogens with zero attached hydrogens (tertiary/aromatic N) is 1. The highest BCUT2D eigenvalue weighted by Crippen LogP contribution is 2.24. The highest BCUT2D eigenvalue weighted by Gasteiger charge is 2.40. The van der Waals surface area contributed by atoms with Crippen LogP contribution in [-0.4, -0.2) is 64.1 Å². The number of rotatable bonds is 4. The molecular formula is C18H27ClN3O3S+. The van der Waals surface area contributed by atoms with Crippen molar-refractivity contribution >= 4 is 33.0 Å². The van der Waals surface area contributed by atoms with Gasteiger partial charge in [0, 0.05) is 10.7 Å². The topological polar surface area (TPSA) is 70.9 Å². The molecule has 2 N–H and O–H groups in total. The van der Waals surface area contributed by atoms with Crippen LogP contribution in [0.5, 0.6) is 0 Å². The molecule has 6 nitrogen and oxygen atoms in total. The van der Waals surface area contributed by atoms with Gasteiger partial charge in [0.25, 0.3) is 5.91 Å². The number of anilines is 1. The fourth-order valence-corrected chi connectivity index (χ4v) is 6.14. The largest absolute Gasteiger partial charge is 0.360 e. The minimum absolute atomic E-state index is 0.0445. The first-order valence-electron chi connectivity index (χ1n) is 9.02. The summed E-state index contributed by atoms with van der Waals surface area (Å²) >= 11 is 6.12. The molecule has 0 unspecified atom stereocenters. The third kappa shape index (κ3) is 4.69. The van der Waals surface area contributed by atoms with Gasteiger partial charge < -0.3 is 15.1 Å². The van der Waals surface area contributed by atoms with Crippen molar-refractivity contribution in [2.45, 2.75) is 25.8 Å². The molecule has 0 spiro atoms. The molecule has 0 radical (unpaired) electrons. The lowest BCUT2D eigenvalue weighted by molar-refractivity contribution is -0.892. The highest BCUT2D eigenvalue weighted by molar-refractivity contribution is 7.91. The third-order valence-electron chi connectivity index (χ3n) is 5.34. The van der Waals surface area contributed by atoms with Gasteiger partial charge in [0.1, 0.15) is 0 Å². The van der Waals surface area contributed by atoms with Crippen LogP contribution in [-0.2, 0) is 14.6 Å². The van der Waals surface area contributed by atoms with E-state index in [1.165, 1.54) is 10.5 Å². The Kier molecular flexibility index (Phi) is 5.51. The van der Waals surface area contributed by atoms with Crippen molar-refractivity contribution in [1.29, 1.82) is 0 Å².